The molecule has 122 valence electrons. The summed E-state index contributed by atoms with van der Waals surface area (Å²) in [5, 5.41) is 13.4. The van der Waals surface area contributed by atoms with Gasteiger partial charge in [0.1, 0.15) is 0 Å². The Kier molecular flexibility index (Phi) is 4.25. The predicted molar refractivity (Wildman–Crippen MR) is 74.3 cm³/mol. The number of anilines is 2. The van der Waals surface area contributed by atoms with Crippen molar-refractivity contribution in [2.45, 2.75) is 6.18 Å². The molecule has 1 aromatic carbocycles. The highest BCUT2D eigenvalue weighted by molar-refractivity contribution is 5.99. The number of amides is 2. The Morgan fingerprint density at radius 2 is 1.78 bits per heavy atom. The van der Waals surface area contributed by atoms with Gasteiger partial charge >= 0.3 is 18.2 Å². The second-order valence-corrected chi connectivity index (χ2v) is 4.52. The summed E-state index contributed by atoms with van der Waals surface area (Å²) in [6.45, 7) is 0. The number of hydrogen-bond donors (Lipinski definition) is 3. The van der Waals surface area contributed by atoms with E-state index in [0.717, 1.165) is 24.3 Å². The molecule has 0 aliphatic carbocycles. The highest BCUT2D eigenvalue weighted by atomic mass is 19.4. The van der Waals surface area contributed by atoms with E-state index in [0.29, 0.717) is 0 Å². The topological polar surface area (TPSA) is 96.3 Å². The van der Waals surface area contributed by atoms with Crippen molar-refractivity contribution in [1.29, 1.82) is 0 Å². The van der Waals surface area contributed by atoms with Crippen LogP contribution in [-0.4, -0.2) is 26.7 Å². The van der Waals surface area contributed by atoms with Gasteiger partial charge in [0.15, 0.2) is 5.82 Å². The second-order valence-electron chi connectivity index (χ2n) is 4.52. The first-order chi connectivity index (χ1) is 10.7. The smallest absolute Gasteiger partial charge is 0.416 e. The number of aromatic nitrogens is 2. The van der Waals surface area contributed by atoms with Crippen LogP contribution in [0.4, 0.5) is 29.5 Å². The minimum Gasteiger partial charge on any atom is -0.475 e. The number of hydrogen-bond acceptors (Lipinski definition) is 3. The Labute approximate surface area is 127 Å². The summed E-state index contributed by atoms with van der Waals surface area (Å²) in [6.07, 6.45) is -3.17. The molecule has 0 aliphatic heterocycles. The molecule has 0 fully saturated rings. The largest absolute Gasteiger partial charge is 0.475 e. The van der Waals surface area contributed by atoms with Gasteiger partial charge in [-0.3, -0.25) is 5.32 Å². The maximum atomic E-state index is 12.4. The van der Waals surface area contributed by atoms with Crippen LogP contribution in [0.5, 0.6) is 0 Å². The normalized spacial score (nSPS) is 11.1. The van der Waals surface area contributed by atoms with Gasteiger partial charge in [0.25, 0.3) is 0 Å². The van der Waals surface area contributed by atoms with Crippen molar-refractivity contribution < 1.29 is 27.9 Å². The van der Waals surface area contributed by atoms with Crippen molar-refractivity contribution in [3.05, 3.63) is 41.9 Å². The van der Waals surface area contributed by atoms with Gasteiger partial charge in [0.05, 0.1) is 5.56 Å². The molecule has 0 saturated carbocycles. The first kappa shape index (κ1) is 16.3. The average molecular weight is 328 g/mol. The van der Waals surface area contributed by atoms with Crippen LogP contribution in [0, 0.1) is 0 Å². The Morgan fingerprint density at radius 1 is 1.17 bits per heavy atom. The lowest BCUT2D eigenvalue weighted by Crippen LogP contribution is -2.19. The number of halogens is 3. The molecule has 2 rings (SSSR count). The summed E-state index contributed by atoms with van der Waals surface area (Å²) < 4.78 is 38.5. The molecular formula is C13H11F3N4O3. The minimum absolute atomic E-state index is 0.00527. The van der Waals surface area contributed by atoms with Crippen molar-refractivity contribution >= 4 is 23.5 Å². The molecule has 0 spiro atoms. The summed E-state index contributed by atoms with van der Waals surface area (Å²) in [6, 6.07) is 3.10. The fraction of sp³-hybridized carbons (Fsp3) is 0.154. The van der Waals surface area contributed by atoms with Gasteiger partial charge in [-0.1, -0.05) is 0 Å². The van der Waals surface area contributed by atoms with Crippen molar-refractivity contribution in [3.63, 3.8) is 0 Å². The molecule has 10 heteroatoms. The Bertz CT molecular complexity index is 738. The molecule has 1 aromatic heterocycles. The maximum absolute atomic E-state index is 12.4. The quantitative estimate of drug-likeness (QED) is 0.807. The molecule has 2 aromatic rings. The number of nitrogens with one attached hydrogen (secondary N) is 2. The highest BCUT2D eigenvalue weighted by Crippen LogP contribution is 2.29. The number of carbonyl (C=O) groups excluding carboxylic acids is 1. The number of nitrogens with zero attached hydrogens (tertiary/aromatic N) is 2. The molecule has 2 amide bonds. The van der Waals surface area contributed by atoms with Crippen molar-refractivity contribution in [2.24, 2.45) is 7.05 Å². The number of imidazole rings is 1. The van der Waals surface area contributed by atoms with E-state index in [1.165, 1.54) is 17.8 Å². The van der Waals surface area contributed by atoms with Crippen molar-refractivity contribution in [3.8, 4) is 0 Å². The number of urea groups is 1. The lowest BCUT2D eigenvalue weighted by molar-refractivity contribution is -0.137. The number of aromatic carboxylic acids is 1. The third kappa shape index (κ3) is 3.99. The van der Waals surface area contributed by atoms with Crippen LogP contribution in [0.1, 0.15) is 16.2 Å². The minimum atomic E-state index is -4.46. The van der Waals surface area contributed by atoms with Crippen LogP contribution >= 0.6 is 0 Å². The lowest BCUT2D eigenvalue weighted by atomic mass is 10.2. The van der Waals surface area contributed by atoms with E-state index in [1.54, 1.807) is 0 Å². The zero-order chi connectivity index (χ0) is 17.2. The van der Waals surface area contributed by atoms with Gasteiger partial charge in [-0.15, -0.1) is 0 Å². The Balaban J connectivity index is 2.02. The monoisotopic (exact) mass is 328 g/mol. The van der Waals surface area contributed by atoms with E-state index in [1.807, 2.05) is 0 Å². The third-order valence-electron chi connectivity index (χ3n) is 2.78. The van der Waals surface area contributed by atoms with Crippen LogP contribution < -0.4 is 10.6 Å². The first-order valence-electron chi connectivity index (χ1n) is 6.19. The first-order valence-corrected chi connectivity index (χ1v) is 6.19. The molecule has 7 nitrogen and oxygen atoms in total. The summed E-state index contributed by atoms with van der Waals surface area (Å²) in [5.41, 5.74) is -0.691. The molecule has 0 atom stereocenters. The average Bonchev–Trinajstić information content (AvgIpc) is 2.79. The molecule has 0 saturated heterocycles. The lowest BCUT2D eigenvalue weighted by Gasteiger charge is -2.08. The van der Waals surface area contributed by atoms with E-state index in [2.05, 4.69) is 15.6 Å². The van der Waals surface area contributed by atoms with Crippen molar-refractivity contribution in [2.75, 3.05) is 10.6 Å². The predicted octanol–water partition coefficient (Wildman–Crippen LogP) is 2.78. The third-order valence-corrected chi connectivity index (χ3v) is 2.78. The molecule has 0 bridgehead atoms. The van der Waals surface area contributed by atoms with E-state index in [-0.39, 0.29) is 17.3 Å². The Morgan fingerprint density at radius 3 is 2.26 bits per heavy atom. The van der Waals surface area contributed by atoms with E-state index >= 15 is 0 Å². The number of benzene rings is 1. The Hall–Kier alpha value is -3.04. The SMILES string of the molecule is Cn1cc(NC(=O)Nc2ccc(C(F)(F)F)cc2)nc1C(=O)O. The van der Waals surface area contributed by atoms with E-state index in [4.69, 9.17) is 5.11 Å². The standard InChI is InChI=1S/C13H11F3N4O3/c1-20-6-9(18-10(20)11(21)22)19-12(23)17-8-4-2-7(3-5-8)13(14,15)16/h2-6H,1H3,(H,21,22)(H2,17,19,23). The van der Waals surface area contributed by atoms with Crippen LogP contribution in [0.3, 0.4) is 0 Å². The summed E-state index contributed by atoms with van der Waals surface area (Å²) in [5.74, 6) is -1.53. The van der Waals surface area contributed by atoms with Gasteiger partial charge < -0.3 is 15.0 Å². The van der Waals surface area contributed by atoms with Gasteiger partial charge in [0, 0.05) is 18.9 Å². The molecule has 0 aliphatic rings. The molecule has 0 radical (unpaired) electrons. The summed E-state index contributed by atoms with van der Waals surface area (Å²) in [4.78, 5) is 26.2. The molecule has 23 heavy (non-hydrogen) atoms. The number of alkyl halides is 3. The van der Waals surface area contributed by atoms with Crippen LogP contribution in [-0.2, 0) is 13.2 Å². The highest BCUT2D eigenvalue weighted by Gasteiger charge is 2.30. The van der Waals surface area contributed by atoms with Gasteiger partial charge in [-0.05, 0) is 24.3 Å². The van der Waals surface area contributed by atoms with Crippen molar-refractivity contribution in [1.82, 2.24) is 9.55 Å². The number of carbonyl (C=O) groups is 2. The number of rotatable bonds is 3. The zero-order valence-electron chi connectivity index (χ0n) is 11.7. The molecule has 0 unspecified atom stereocenters. The second kappa shape index (κ2) is 5.99. The fourth-order valence-electron chi connectivity index (χ4n) is 1.75. The van der Waals surface area contributed by atoms with E-state index in [9.17, 15) is 22.8 Å². The van der Waals surface area contributed by atoms with Crippen LogP contribution in [0.25, 0.3) is 0 Å². The van der Waals surface area contributed by atoms with Crippen LogP contribution in [0.15, 0.2) is 30.5 Å². The van der Waals surface area contributed by atoms with Gasteiger partial charge in [0.2, 0.25) is 5.82 Å². The zero-order valence-corrected chi connectivity index (χ0v) is 11.7. The molecule has 3 N–H and O–H groups in total. The summed E-state index contributed by atoms with van der Waals surface area (Å²) >= 11 is 0. The number of aryl methyl sites for hydroxylation is 1. The molecule has 1 heterocycles. The number of carboxylic acid groups (broad SMARTS) is 1. The fourth-order valence-corrected chi connectivity index (χ4v) is 1.75. The number of carboxylic acids is 1. The summed E-state index contributed by atoms with van der Waals surface area (Å²) in [7, 11) is 1.44. The van der Waals surface area contributed by atoms with Gasteiger partial charge in [-0.2, -0.15) is 13.2 Å². The maximum Gasteiger partial charge on any atom is 0.416 e. The van der Waals surface area contributed by atoms with Gasteiger partial charge in [-0.25, -0.2) is 14.6 Å². The molecular weight excluding hydrogens is 317 g/mol. The van der Waals surface area contributed by atoms with Crippen LogP contribution in [0.2, 0.25) is 0 Å². The van der Waals surface area contributed by atoms with E-state index < -0.39 is 23.7 Å².